The minimum Gasteiger partial charge on any atom is -0.497 e. The Bertz CT molecular complexity index is 1460. The fraction of sp³-hybridized carbons (Fsp3) is 0.323. The number of methoxy groups -OCH3 is 2. The third-order valence-corrected chi connectivity index (χ3v) is 8.08. The first-order valence-corrected chi connectivity index (χ1v) is 13.6. The first kappa shape index (κ1) is 26.5. The summed E-state index contributed by atoms with van der Waals surface area (Å²) >= 11 is 3.64. The van der Waals surface area contributed by atoms with E-state index in [-0.39, 0.29) is 18.0 Å². The van der Waals surface area contributed by atoms with Gasteiger partial charge < -0.3 is 18.9 Å². The van der Waals surface area contributed by atoms with Crippen LogP contribution in [0.4, 0.5) is 0 Å². The number of carbonyl (C=O) groups excluding carboxylic acids is 1. The largest absolute Gasteiger partial charge is 0.497 e. The van der Waals surface area contributed by atoms with Crippen LogP contribution in [0.1, 0.15) is 30.1 Å². The van der Waals surface area contributed by atoms with Gasteiger partial charge in [0.05, 0.1) is 37.3 Å². The van der Waals surface area contributed by atoms with Gasteiger partial charge in [0.1, 0.15) is 18.1 Å². The highest BCUT2D eigenvalue weighted by molar-refractivity contribution is 9.10. The number of carbonyl (C=O) groups is 1. The van der Waals surface area contributed by atoms with Crippen LogP contribution in [0.3, 0.4) is 0 Å². The molecule has 0 aromatic heterocycles. The predicted octanol–water partition coefficient (Wildman–Crippen LogP) is 6.49. The highest BCUT2D eigenvalue weighted by Crippen LogP contribution is 2.35. The molecule has 0 aliphatic carbocycles. The lowest BCUT2D eigenvalue weighted by molar-refractivity contribution is -0.146. The molecule has 198 valence electrons. The monoisotopic (exact) mass is 577 g/mol. The van der Waals surface area contributed by atoms with Crippen LogP contribution in [0.5, 0.6) is 11.5 Å². The Morgan fingerprint density at radius 2 is 1.79 bits per heavy atom. The van der Waals surface area contributed by atoms with Crippen LogP contribution in [-0.2, 0) is 14.3 Å². The molecule has 1 fully saturated rings. The van der Waals surface area contributed by atoms with E-state index in [1.165, 1.54) is 0 Å². The van der Waals surface area contributed by atoms with Gasteiger partial charge in [0.2, 0.25) is 0 Å². The minimum absolute atomic E-state index is 0.0279. The first-order valence-electron chi connectivity index (χ1n) is 12.8. The standard InChI is InChI=1S/C31H32BrNO5/c1-20(21-4-5-23-18-26(35-2)9-6-22(23)16-21)31(34)38-15-13-33-12-14-37-29(19-33)25-7-10-27-24(17-25)8-11-28(36-3)30(27)32/h4-11,16-18,20,29H,12-15,19H2,1-3H3. The molecule has 2 atom stereocenters. The maximum Gasteiger partial charge on any atom is 0.313 e. The third kappa shape index (κ3) is 5.65. The molecule has 1 heterocycles. The molecule has 5 rings (SSSR count). The number of ether oxygens (including phenoxy) is 4. The number of benzene rings is 4. The van der Waals surface area contributed by atoms with Crippen molar-refractivity contribution in [3.05, 3.63) is 82.3 Å². The lowest BCUT2D eigenvalue weighted by atomic mass is 9.98. The third-order valence-electron chi connectivity index (χ3n) is 7.26. The van der Waals surface area contributed by atoms with E-state index in [1.54, 1.807) is 14.2 Å². The van der Waals surface area contributed by atoms with E-state index in [0.29, 0.717) is 19.8 Å². The van der Waals surface area contributed by atoms with Crippen LogP contribution >= 0.6 is 15.9 Å². The Kier molecular flexibility index (Phi) is 8.17. The average Bonchev–Trinajstić information content (AvgIpc) is 2.96. The van der Waals surface area contributed by atoms with Crippen molar-refractivity contribution in [1.29, 1.82) is 0 Å². The van der Waals surface area contributed by atoms with Gasteiger partial charge in [0, 0.05) is 19.6 Å². The average molecular weight is 579 g/mol. The van der Waals surface area contributed by atoms with E-state index in [0.717, 1.165) is 61.7 Å². The van der Waals surface area contributed by atoms with Crippen molar-refractivity contribution in [3.8, 4) is 11.5 Å². The number of hydrogen-bond donors (Lipinski definition) is 0. The smallest absolute Gasteiger partial charge is 0.313 e. The number of esters is 1. The van der Waals surface area contributed by atoms with E-state index < -0.39 is 0 Å². The van der Waals surface area contributed by atoms with Gasteiger partial charge in [-0.15, -0.1) is 0 Å². The van der Waals surface area contributed by atoms with Crippen LogP contribution in [0, 0.1) is 0 Å². The second-order valence-corrected chi connectivity index (χ2v) is 10.4. The summed E-state index contributed by atoms with van der Waals surface area (Å²) in [5.74, 6) is 1.08. The summed E-state index contributed by atoms with van der Waals surface area (Å²) < 4.78 is 23.5. The van der Waals surface area contributed by atoms with E-state index in [1.807, 2.05) is 49.4 Å². The maximum absolute atomic E-state index is 12.8. The topological polar surface area (TPSA) is 57.2 Å². The minimum atomic E-state index is -0.338. The summed E-state index contributed by atoms with van der Waals surface area (Å²) in [5.41, 5.74) is 2.08. The molecule has 4 aromatic carbocycles. The van der Waals surface area contributed by atoms with Crippen LogP contribution in [-0.4, -0.2) is 57.9 Å². The number of fused-ring (bicyclic) bond motifs is 2. The van der Waals surface area contributed by atoms with E-state index in [9.17, 15) is 4.79 Å². The molecule has 1 aliphatic heterocycles. The predicted molar refractivity (Wildman–Crippen MR) is 153 cm³/mol. The molecule has 1 saturated heterocycles. The van der Waals surface area contributed by atoms with E-state index >= 15 is 0 Å². The van der Waals surface area contributed by atoms with Crippen molar-refractivity contribution >= 4 is 43.4 Å². The van der Waals surface area contributed by atoms with Crippen molar-refractivity contribution in [2.75, 3.05) is 47.1 Å². The van der Waals surface area contributed by atoms with Crippen molar-refractivity contribution in [2.24, 2.45) is 0 Å². The molecule has 4 aromatic rings. The zero-order valence-electron chi connectivity index (χ0n) is 21.9. The molecular formula is C31H32BrNO5. The van der Waals surface area contributed by atoms with Crippen molar-refractivity contribution in [1.82, 2.24) is 4.90 Å². The SMILES string of the molecule is COc1ccc2cc(C(C)C(=O)OCCN3CCOC(c4ccc5c(Br)c(OC)ccc5c4)C3)ccc2c1. The molecule has 0 bridgehead atoms. The van der Waals surface area contributed by atoms with Crippen molar-refractivity contribution in [2.45, 2.75) is 18.9 Å². The molecule has 2 unspecified atom stereocenters. The molecular weight excluding hydrogens is 546 g/mol. The summed E-state index contributed by atoms with van der Waals surface area (Å²) in [6, 6.07) is 22.4. The quantitative estimate of drug-likeness (QED) is 0.223. The number of morpholine rings is 1. The van der Waals surface area contributed by atoms with Gasteiger partial charge in [0.15, 0.2) is 0 Å². The molecule has 0 spiro atoms. The Labute approximate surface area is 231 Å². The Balaban J connectivity index is 1.16. The molecule has 0 amide bonds. The first-order chi connectivity index (χ1) is 18.5. The maximum atomic E-state index is 12.8. The Hall–Kier alpha value is -3.13. The lowest BCUT2D eigenvalue weighted by Crippen LogP contribution is -2.40. The van der Waals surface area contributed by atoms with E-state index in [4.69, 9.17) is 18.9 Å². The lowest BCUT2D eigenvalue weighted by Gasteiger charge is -2.33. The molecule has 0 saturated carbocycles. The van der Waals surface area contributed by atoms with Gasteiger partial charge in [-0.05, 0) is 79.8 Å². The summed E-state index contributed by atoms with van der Waals surface area (Å²) in [6.07, 6.45) is -0.0279. The zero-order valence-corrected chi connectivity index (χ0v) is 23.5. The van der Waals surface area contributed by atoms with Gasteiger partial charge >= 0.3 is 5.97 Å². The van der Waals surface area contributed by atoms with Gasteiger partial charge in [-0.2, -0.15) is 0 Å². The summed E-state index contributed by atoms with van der Waals surface area (Å²) in [7, 11) is 3.33. The van der Waals surface area contributed by atoms with Crippen LogP contribution in [0.15, 0.2) is 71.2 Å². The van der Waals surface area contributed by atoms with Crippen molar-refractivity contribution < 1.29 is 23.7 Å². The van der Waals surface area contributed by atoms with Crippen LogP contribution in [0.2, 0.25) is 0 Å². The van der Waals surface area contributed by atoms with Gasteiger partial charge in [-0.3, -0.25) is 9.69 Å². The molecule has 0 radical (unpaired) electrons. The fourth-order valence-corrected chi connectivity index (χ4v) is 5.59. The van der Waals surface area contributed by atoms with Crippen molar-refractivity contribution in [3.63, 3.8) is 0 Å². The fourth-order valence-electron chi connectivity index (χ4n) is 4.93. The summed E-state index contributed by atoms with van der Waals surface area (Å²) in [4.78, 5) is 15.1. The number of rotatable bonds is 8. The van der Waals surface area contributed by atoms with Gasteiger partial charge in [-0.25, -0.2) is 0 Å². The zero-order chi connectivity index (χ0) is 26.6. The highest BCUT2D eigenvalue weighted by atomic mass is 79.9. The molecule has 0 N–H and O–H groups in total. The number of hydrogen-bond acceptors (Lipinski definition) is 6. The molecule has 38 heavy (non-hydrogen) atoms. The second kappa shape index (κ2) is 11.7. The summed E-state index contributed by atoms with van der Waals surface area (Å²) in [5, 5.41) is 4.39. The second-order valence-electron chi connectivity index (χ2n) is 9.58. The van der Waals surface area contributed by atoms with Gasteiger partial charge in [-0.1, -0.05) is 42.5 Å². The van der Waals surface area contributed by atoms with Gasteiger partial charge in [0.25, 0.3) is 0 Å². The van der Waals surface area contributed by atoms with Crippen LogP contribution < -0.4 is 9.47 Å². The number of halogens is 1. The summed E-state index contributed by atoms with van der Waals surface area (Å²) in [6.45, 7) is 5.13. The number of nitrogens with zero attached hydrogens (tertiary/aromatic N) is 1. The van der Waals surface area contributed by atoms with Crippen LogP contribution in [0.25, 0.3) is 21.5 Å². The Morgan fingerprint density at radius 1 is 1.00 bits per heavy atom. The molecule has 1 aliphatic rings. The van der Waals surface area contributed by atoms with E-state index in [2.05, 4.69) is 45.1 Å². The molecule has 7 heteroatoms. The molecule has 6 nitrogen and oxygen atoms in total. The highest BCUT2D eigenvalue weighted by Gasteiger charge is 2.23. The Morgan fingerprint density at radius 3 is 2.61 bits per heavy atom. The normalized spacial score (nSPS) is 16.9.